The molecule has 2 heteroatoms. The number of nitrogens with one attached hydrogen (secondary N) is 1. The largest absolute Gasteiger partial charge is 0.311 e. The van der Waals surface area contributed by atoms with Crippen molar-refractivity contribution in [1.29, 1.82) is 0 Å². The van der Waals surface area contributed by atoms with Crippen LogP contribution in [0.15, 0.2) is 12.7 Å². The molecule has 0 bridgehead atoms. The van der Waals surface area contributed by atoms with Crippen molar-refractivity contribution < 1.29 is 0 Å². The molecule has 1 aliphatic heterocycles. The van der Waals surface area contributed by atoms with Gasteiger partial charge in [-0.15, -0.1) is 6.58 Å². The van der Waals surface area contributed by atoms with Crippen LogP contribution in [0.4, 0.5) is 0 Å². The van der Waals surface area contributed by atoms with Gasteiger partial charge in [0.05, 0.1) is 0 Å². The zero-order chi connectivity index (χ0) is 12.0. The summed E-state index contributed by atoms with van der Waals surface area (Å²) in [4.78, 5) is 2.57. The van der Waals surface area contributed by atoms with Crippen LogP contribution >= 0.6 is 0 Å². The second-order valence-electron chi connectivity index (χ2n) is 5.18. The number of nitrogens with zero attached hydrogens (tertiary/aromatic N) is 1. The summed E-state index contributed by atoms with van der Waals surface area (Å²) < 4.78 is 0. The Morgan fingerprint density at radius 2 is 2.25 bits per heavy atom. The quantitative estimate of drug-likeness (QED) is 0.698. The summed E-state index contributed by atoms with van der Waals surface area (Å²) in [6, 6.07) is 1.19. The van der Waals surface area contributed by atoms with E-state index in [0.29, 0.717) is 12.1 Å². The molecule has 1 rings (SSSR count). The van der Waals surface area contributed by atoms with Gasteiger partial charge in [0, 0.05) is 18.6 Å². The van der Waals surface area contributed by atoms with Gasteiger partial charge in [-0.1, -0.05) is 13.0 Å². The number of rotatable bonds is 6. The first-order chi connectivity index (χ1) is 7.67. The molecule has 0 spiro atoms. The minimum Gasteiger partial charge on any atom is -0.311 e. The molecule has 0 aromatic rings. The Bertz CT molecular complexity index is 203. The number of piperidine rings is 1. The molecule has 0 aromatic carbocycles. The summed E-state index contributed by atoms with van der Waals surface area (Å²) in [7, 11) is 0. The minimum absolute atomic E-state index is 0.560. The van der Waals surface area contributed by atoms with E-state index in [1.807, 2.05) is 6.08 Å². The molecule has 0 aliphatic carbocycles. The lowest BCUT2D eigenvalue weighted by atomic mass is 9.91. The molecule has 0 saturated carbocycles. The maximum Gasteiger partial charge on any atom is 0.00818 e. The molecule has 1 aliphatic rings. The molecule has 1 heterocycles. The Balaban J connectivity index is 2.34. The van der Waals surface area contributed by atoms with E-state index in [1.54, 1.807) is 0 Å². The Hall–Kier alpha value is -0.340. The third-order valence-corrected chi connectivity index (χ3v) is 3.76. The zero-order valence-corrected chi connectivity index (χ0v) is 11.2. The zero-order valence-electron chi connectivity index (χ0n) is 11.2. The van der Waals surface area contributed by atoms with Crippen LogP contribution in [-0.2, 0) is 0 Å². The second-order valence-corrected chi connectivity index (χ2v) is 5.18. The van der Waals surface area contributed by atoms with Crippen LogP contribution in [0.3, 0.4) is 0 Å². The highest BCUT2D eigenvalue weighted by Gasteiger charge is 2.24. The first-order valence-corrected chi connectivity index (χ1v) is 6.76. The molecule has 1 saturated heterocycles. The van der Waals surface area contributed by atoms with Crippen molar-refractivity contribution in [1.82, 2.24) is 10.2 Å². The number of hydrogen-bond acceptors (Lipinski definition) is 2. The van der Waals surface area contributed by atoms with Gasteiger partial charge in [0.1, 0.15) is 0 Å². The normalized spacial score (nSPS) is 26.3. The number of likely N-dealkylation sites (tertiary alicyclic amines) is 1. The van der Waals surface area contributed by atoms with E-state index in [0.717, 1.165) is 12.3 Å². The van der Waals surface area contributed by atoms with Crippen LogP contribution in [0.2, 0.25) is 0 Å². The minimum atomic E-state index is 0.560. The lowest BCUT2D eigenvalue weighted by molar-refractivity contribution is 0.153. The molecule has 0 amide bonds. The molecule has 3 unspecified atom stereocenters. The van der Waals surface area contributed by atoms with Gasteiger partial charge in [0.15, 0.2) is 0 Å². The van der Waals surface area contributed by atoms with Gasteiger partial charge in [-0.3, -0.25) is 0 Å². The fourth-order valence-electron chi connectivity index (χ4n) is 2.69. The van der Waals surface area contributed by atoms with Crippen LogP contribution in [0.1, 0.15) is 40.0 Å². The van der Waals surface area contributed by atoms with Crippen molar-refractivity contribution in [2.24, 2.45) is 5.92 Å². The predicted molar refractivity (Wildman–Crippen MR) is 71.7 cm³/mol. The van der Waals surface area contributed by atoms with Crippen LogP contribution in [0.5, 0.6) is 0 Å². The van der Waals surface area contributed by atoms with Crippen molar-refractivity contribution in [3.05, 3.63) is 12.7 Å². The topological polar surface area (TPSA) is 15.3 Å². The standard InChI is InChI=1S/C14H28N2/c1-5-8-12(3)15-13(4)14-9-7-10-16(6-2)11-14/h5,12-15H,1,6-11H2,2-4H3. The first kappa shape index (κ1) is 13.7. The number of hydrogen-bond donors (Lipinski definition) is 1. The van der Waals surface area contributed by atoms with E-state index >= 15 is 0 Å². The van der Waals surface area contributed by atoms with Crippen molar-refractivity contribution in [2.45, 2.75) is 52.1 Å². The van der Waals surface area contributed by atoms with Crippen LogP contribution in [0, 0.1) is 5.92 Å². The van der Waals surface area contributed by atoms with Gasteiger partial charge in [-0.25, -0.2) is 0 Å². The van der Waals surface area contributed by atoms with Crippen molar-refractivity contribution in [3.8, 4) is 0 Å². The Labute approximate surface area is 101 Å². The monoisotopic (exact) mass is 224 g/mol. The average Bonchev–Trinajstić information content (AvgIpc) is 2.29. The van der Waals surface area contributed by atoms with E-state index in [2.05, 4.69) is 37.6 Å². The highest BCUT2D eigenvalue weighted by atomic mass is 15.1. The summed E-state index contributed by atoms with van der Waals surface area (Å²) >= 11 is 0. The lowest BCUT2D eigenvalue weighted by Gasteiger charge is -2.36. The third kappa shape index (κ3) is 4.26. The summed E-state index contributed by atoms with van der Waals surface area (Å²) in [6.45, 7) is 14.4. The molecular weight excluding hydrogens is 196 g/mol. The van der Waals surface area contributed by atoms with Gasteiger partial charge in [0.2, 0.25) is 0 Å². The SMILES string of the molecule is C=CCC(C)NC(C)C1CCCN(CC)C1. The predicted octanol–water partition coefficient (Wildman–Crippen LogP) is 2.66. The van der Waals surface area contributed by atoms with Gasteiger partial charge in [-0.2, -0.15) is 0 Å². The lowest BCUT2D eigenvalue weighted by Crippen LogP contribution is -2.46. The maximum atomic E-state index is 3.80. The van der Waals surface area contributed by atoms with E-state index in [4.69, 9.17) is 0 Å². The molecule has 1 fully saturated rings. The van der Waals surface area contributed by atoms with Crippen LogP contribution in [0.25, 0.3) is 0 Å². The molecule has 94 valence electrons. The summed E-state index contributed by atoms with van der Waals surface area (Å²) in [5.74, 6) is 0.820. The Morgan fingerprint density at radius 3 is 2.88 bits per heavy atom. The average molecular weight is 224 g/mol. The summed E-state index contributed by atoms with van der Waals surface area (Å²) in [6.07, 6.45) is 5.81. The van der Waals surface area contributed by atoms with Gasteiger partial charge < -0.3 is 10.2 Å². The second kappa shape index (κ2) is 7.08. The molecule has 1 N–H and O–H groups in total. The van der Waals surface area contributed by atoms with Crippen LogP contribution < -0.4 is 5.32 Å². The maximum absolute atomic E-state index is 3.80. The van der Waals surface area contributed by atoms with E-state index in [9.17, 15) is 0 Å². The van der Waals surface area contributed by atoms with Crippen molar-refractivity contribution in [2.75, 3.05) is 19.6 Å². The van der Waals surface area contributed by atoms with Gasteiger partial charge in [0.25, 0.3) is 0 Å². The van der Waals surface area contributed by atoms with E-state index < -0.39 is 0 Å². The van der Waals surface area contributed by atoms with E-state index in [-0.39, 0.29) is 0 Å². The van der Waals surface area contributed by atoms with Crippen molar-refractivity contribution >= 4 is 0 Å². The summed E-state index contributed by atoms with van der Waals surface area (Å²) in [5, 5.41) is 3.70. The Morgan fingerprint density at radius 1 is 1.50 bits per heavy atom. The first-order valence-electron chi connectivity index (χ1n) is 6.76. The molecule has 16 heavy (non-hydrogen) atoms. The van der Waals surface area contributed by atoms with E-state index in [1.165, 1.54) is 32.5 Å². The molecule has 0 aromatic heterocycles. The van der Waals surface area contributed by atoms with Gasteiger partial charge in [-0.05, 0) is 52.1 Å². The van der Waals surface area contributed by atoms with Crippen molar-refractivity contribution in [3.63, 3.8) is 0 Å². The third-order valence-electron chi connectivity index (χ3n) is 3.76. The van der Waals surface area contributed by atoms with Crippen LogP contribution in [-0.4, -0.2) is 36.6 Å². The fraction of sp³-hybridized carbons (Fsp3) is 0.857. The smallest absolute Gasteiger partial charge is 0.00818 e. The fourth-order valence-corrected chi connectivity index (χ4v) is 2.69. The highest BCUT2D eigenvalue weighted by molar-refractivity contribution is 4.83. The Kier molecular flexibility index (Phi) is 6.07. The summed E-state index contributed by atoms with van der Waals surface area (Å²) in [5.41, 5.74) is 0. The molecule has 3 atom stereocenters. The molecular formula is C14H28N2. The molecule has 2 nitrogen and oxygen atoms in total. The highest BCUT2D eigenvalue weighted by Crippen LogP contribution is 2.19. The molecule has 0 radical (unpaired) electrons. The van der Waals surface area contributed by atoms with Gasteiger partial charge >= 0.3 is 0 Å².